The van der Waals surface area contributed by atoms with Crippen molar-refractivity contribution >= 4 is 0 Å². The molecule has 8 N–H and O–H groups in total. The summed E-state index contributed by atoms with van der Waals surface area (Å²) in [5.74, 6) is 5.50. The zero-order valence-corrected chi connectivity index (χ0v) is 28.9. The molecule has 9 nitrogen and oxygen atoms in total. The van der Waals surface area contributed by atoms with Gasteiger partial charge in [-0.15, -0.1) is 0 Å². The third kappa shape index (κ3) is 5.32. The van der Waals surface area contributed by atoms with E-state index in [1.165, 1.54) is 96.3 Å². The topological polar surface area (TPSA) is 101 Å². The summed E-state index contributed by atoms with van der Waals surface area (Å²) in [6.07, 6.45) is 28.0. The molecule has 0 radical (unpaired) electrons. The molecule has 254 valence electrons. The van der Waals surface area contributed by atoms with Crippen molar-refractivity contribution in [2.45, 2.75) is 152 Å². The zero-order chi connectivity index (χ0) is 29.5. The van der Waals surface area contributed by atoms with Gasteiger partial charge < -0.3 is 4.57 Å². The van der Waals surface area contributed by atoms with Gasteiger partial charge in [-0.3, -0.25) is 42.5 Å². The number of hydrogen-bond acceptors (Lipinski definition) is 8. The van der Waals surface area contributed by atoms with Crippen LogP contribution >= 0.6 is 0 Å². The second-order valence-corrected chi connectivity index (χ2v) is 16.9. The van der Waals surface area contributed by atoms with E-state index >= 15 is 0 Å². The summed E-state index contributed by atoms with van der Waals surface area (Å²) < 4.78 is 2.54. The largest absolute Gasteiger partial charge is 0.351 e. The fourth-order valence-corrected chi connectivity index (χ4v) is 12.9. The van der Waals surface area contributed by atoms with Gasteiger partial charge in [-0.2, -0.15) is 0 Å². The Kier molecular flexibility index (Phi) is 8.89. The molecular weight excluding hydrogens is 610 g/mol. The van der Waals surface area contributed by atoms with Gasteiger partial charge in [-0.1, -0.05) is 44.9 Å². The average Bonchev–Trinajstić information content (AvgIpc) is 3.91. The minimum atomic E-state index is 0. The van der Waals surface area contributed by atoms with E-state index in [0.717, 1.165) is 11.8 Å². The molecule has 1 aromatic heterocycles. The monoisotopic (exact) mass is 669 g/mol. The predicted octanol–water partition coefficient (Wildman–Crippen LogP) is 3.26. The molecule has 4 aliphatic carbocycles. The van der Waals surface area contributed by atoms with Crippen LogP contribution in [0.3, 0.4) is 0 Å². The summed E-state index contributed by atoms with van der Waals surface area (Å²) >= 11 is 0. The van der Waals surface area contributed by atoms with Crippen molar-refractivity contribution in [3.05, 3.63) is 24.5 Å². The summed E-state index contributed by atoms with van der Waals surface area (Å²) in [6, 6.07) is 5.00. The fourth-order valence-electron chi connectivity index (χ4n) is 12.9. The molecular formula is C36H59CrN9. The molecule has 0 aromatic carbocycles. The molecule has 4 saturated carbocycles. The first-order chi connectivity index (χ1) is 22.3. The van der Waals surface area contributed by atoms with Crippen LogP contribution in [0.4, 0.5) is 0 Å². The predicted molar refractivity (Wildman–Crippen MR) is 176 cm³/mol. The van der Waals surface area contributed by atoms with Gasteiger partial charge in [0.05, 0.1) is 49.3 Å². The Morgan fingerprint density at radius 1 is 0.348 bits per heavy atom. The van der Waals surface area contributed by atoms with Gasteiger partial charge in [0.25, 0.3) is 0 Å². The molecule has 5 saturated heterocycles. The molecule has 17 atom stereocenters. The zero-order valence-electron chi connectivity index (χ0n) is 27.6. The smallest absolute Gasteiger partial charge is 0.0648 e. The maximum absolute atomic E-state index is 4.34. The first-order valence-electron chi connectivity index (χ1n) is 19.5. The van der Waals surface area contributed by atoms with Crippen molar-refractivity contribution in [3.8, 4) is 0 Å². The van der Waals surface area contributed by atoms with Crippen molar-refractivity contribution < 1.29 is 17.4 Å². The minimum absolute atomic E-state index is 0. The SMILES string of the molecule is [Cr].c1ccn(C2CCCC3C4NC5NC(NC6NC(NC7NC(NC(N4)C32)C2CCCCC72)C2CCCCC62)C2CCCCC52)c1. The summed E-state index contributed by atoms with van der Waals surface area (Å²) in [6.45, 7) is 0. The van der Waals surface area contributed by atoms with Gasteiger partial charge in [0.1, 0.15) is 0 Å². The van der Waals surface area contributed by atoms with E-state index in [-0.39, 0.29) is 17.4 Å². The van der Waals surface area contributed by atoms with Crippen LogP contribution in [0.5, 0.6) is 0 Å². The molecule has 9 aliphatic rings. The Morgan fingerprint density at radius 3 is 1.02 bits per heavy atom. The van der Waals surface area contributed by atoms with E-state index in [1.54, 1.807) is 0 Å². The van der Waals surface area contributed by atoms with E-state index in [1.807, 2.05) is 0 Å². The first kappa shape index (κ1) is 31.5. The number of hydrogen-bond donors (Lipinski definition) is 8. The molecule has 0 amide bonds. The second kappa shape index (κ2) is 13.0. The van der Waals surface area contributed by atoms with Crippen LogP contribution in [0, 0.1) is 47.3 Å². The van der Waals surface area contributed by atoms with Crippen molar-refractivity contribution in [1.82, 2.24) is 47.1 Å². The molecule has 17 unspecified atom stereocenters. The van der Waals surface area contributed by atoms with Crippen LogP contribution in [0.25, 0.3) is 0 Å². The van der Waals surface area contributed by atoms with E-state index < -0.39 is 0 Å². The number of nitrogens with zero attached hydrogens (tertiary/aromatic N) is 1. The normalized spacial score (nSPS) is 53.0. The molecule has 10 rings (SSSR count). The quantitative estimate of drug-likeness (QED) is 0.231. The standard InChI is InChI=1S/C36H59N9.Cr/c1-2-11-21-20(10-1)29-37-30(21)39-32-24-14-5-6-15-25(24)34(41-32)43-36-28-26(16-9-17-27(28)45-18-7-8-19-45)35(44-36)42-33-23-13-4-3-12-22(23)31(38-29)40-33;/h7-8,18-44H,1-6,9-17H2;. The molecule has 46 heavy (non-hydrogen) atoms. The van der Waals surface area contributed by atoms with Gasteiger partial charge in [0, 0.05) is 41.7 Å². The van der Waals surface area contributed by atoms with Crippen LogP contribution in [-0.2, 0) is 17.4 Å². The molecule has 10 heteroatoms. The molecule has 8 bridgehead atoms. The molecule has 6 heterocycles. The Balaban J connectivity index is 0.00000292. The maximum Gasteiger partial charge on any atom is 0.0648 e. The van der Waals surface area contributed by atoms with Crippen LogP contribution in [0.15, 0.2) is 24.5 Å². The molecule has 0 spiro atoms. The Labute approximate surface area is 287 Å². The molecule has 1 aromatic rings. The van der Waals surface area contributed by atoms with E-state index in [0.29, 0.717) is 90.9 Å². The maximum atomic E-state index is 4.34. The number of fused-ring (bicyclic) bond motifs is 20. The Morgan fingerprint density at radius 2 is 0.652 bits per heavy atom. The van der Waals surface area contributed by atoms with Crippen molar-refractivity contribution in [3.63, 3.8) is 0 Å². The average molecular weight is 670 g/mol. The number of rotatable bonds is 1. The summed E-state index contributed by atoms with van der Waals surface area (Å²) in [5, 5.41) is 34.1. The summed E-state index contributed by atoms with van der Waals surface area (Å²) in [5.41, 5.74) is 0. The first-order valence-corrected chi connectivity index (χ1v) is 19.5. The third-order valence-electron chi connectivity index (χ3n) is 14.9. The van der Waals surface area contributed by atoms with Crippen LogP contribution in [0.2, 0.25) is 0 Å². The van der Waals surface area contributed by atoms with Gasteiger partial charge in [0.15, 0.2) is 0 Å². The third-order valence-corrected chi connectivity index (χ3v) is 14.9. The van der Waals surface area contributed by atoms with Crippen molar-refractivity contribution in [1.29, 1.82) is 0 Å². The fraction of sp³-hybridized carbons (Fsp3) is 0.889. The van der Waals surface area contributed by atoms with E-state index in [4.69, 9.17) is 0 Å². The van der Waals surface area contributed by atoms with Gasteiger partial charge in [-0.05, 0) is 105 Å². The molecule has 5 aliphatic heterocycles. The van der Waals surface area contributed by atoms with Gasteiger partial charge >= 0.3 is 0 Å². The molecule has 9 fully saturated rings. The Bertz CT molecular complexity index is 1180. The van der Waals surface area contributed by atoms with Crippen molar-refractivity contribution in [2.75, 3.05) is 0 Å². The minimum Gasteiger partial charge on any atom is -0.351 e. The van der Waals surface area contributed by atoms with E-state index in [9.17, 15) is 0 Å². The summed E-state index contributed by atoms with van der Waals surface area (Å²) in [7, 11) is 0. The number of nitrogens with one attached hydrogen (secondary N) is 8. The second-order valence-electron chi connectivity index (χ2n) is 16.9. The van der Waals surface area contributed by atoms with Crippen LogP contribution in [-0.4, -0.2) is 53.9 Å². The van der Waals surface area contributed by atoms with Gasteiger partial charge in [-0.25, -0.2) is 0 Å². The van der Waals surface area contributed by atoms with Crippen LogP contribution < -0.4 is 42.5 Å². The number of aromatic nitrogens is 1. The summed E-state index contributed by atoms with van der Waals surface area (Å²) in [4.78, 5) is 0. The van der Waals surface area contributed by atoms with Crippen LogP contribution in [0.1, 0.15) is 102 Å². The van der Waals surface area contributed by atoms with Gasteiger partial charge in [0.2, 0.25) is 0 Å². The van der Waals surface area contributed by atoms with Crippen molar-refractivity contribution in [2.24, 2.45) is 47.3 Å². The Hall–Kier alpha value is -0.508. The van der Waals surface area contributed by atoms with E-state index in [2.05, 4.69) is 71.6 Å².